The summed E-state index contributed by atoms with van der Waals surface area (Å²) in [6, 6.07) is 10.6. The van der Waals surface area contributed by atoms with E-state index in [4.69, 9.17) is 0 Å². The first kappa shape index (κ1) is 18.2. The molecule has 0 saturated carbocycles. The molecule has 0 aliphatic carbocycles. The van der Waals surface area contributed by atoms with Crippen molar-refractivity contribution >= 4 is 27.5 Å². The number of hydrogen-bond acceptors (Lipinski definition) is 3. The van der Waals surface area contributed by atoms with E-state index in [2.05, 4.69) is 62.9 Å². The normalized spacial score (nSPS) is 22.4. The standard InChI is InChI=1S/C19H28BBrN2O/c1-19(10-14-23(15-11-19)20(2)24)22-12-8-17(9-13-22)18(21)16-6-4-3-5-7-16/h3-7,24H,8-15H2,1-2H3. The van der Waals surface area contributed by atoms with Crippen molar-refractivity contribution in [2.75, 3.05) is 26.2 Å². The zero-order valence-corrected chi connectivity index (χ0v) is 16.4. The molecule has 3 nitrogen and oxygen atoms in total. The summed E-state index contributed by atoms with van der Waals surface area (Å²) in [4.78, 5) is 4.87. The van der Waals surface area contributed by atoms with Crippen LogP contribution in [-0.2, 0) is 0 Å². The van der Waals surface area contributed by atoms with Crippen molar-refractivity contribution in [3.8, 4) is 0 Å². The van der Waals surface area contributed by atoms with Crippen LogP contribution >= 0.6 is 15.9 Å². The van der Waals surface area contributed by atoms with Crippen LogP contribution in [0.3, 0.4) is 0 Å². The summed E-state index contributed by atoms with van der Waals surface area (Å²) >= 11 is 3.83. The van der Waals surface area contributed by atoms with E-state index >= 15 is 0 Å². The molecule has 0 spiro atoms. The molecule has 0 bridgehead atoms. The van der Waals surface area contributed by atoms with E-state index in [1.807, 2.05) is 6.82 Å². The van der Waals surface area contributed by atoms with Gasteiger partial charge in [0.25, 0.3) is 0 Å². The van der Waals surface area contributed by atoms with Gasteiger partial charge in [-0.3, -0.25) is 4.90 Å². The minimum Gasteiger partial charge on any atom is -0.437 e. The van der Waals surface area contributed by atoms with Crippen molar-refractivity contribution in [1.82, 2.24) is 9.71 Å². The van der Waals surface area contributed by atoms with Crippen molar-refractivity contribution in [3.05, 3.63) is 41.5 Å². The topological polar surface area (TPSA) is 26.7 Å². The summed E-state index contributed by atoms with van der Waals surface area (Å²) in [7, 11) is -0.313. The van der Waals surface area contributed by atoms with Crippen molar-refractivity contribution in [2.24, 2.45) is 0 Å². The van der Waals surface area contributed by atoms with Crippen LogP contribution in [0.4, 0.5) is 0 Å². The number of rotatable bonds is 3. The summed E-state index contributed by atoms with van der Waals surface area (Å²) in [5, 5.41) is 9.76. The van der Waals surface area contributed by atoms with Crippen LogP contribution in [-0.4, -0.2) is 53.5 Å². The average molecular weight is 391 g/mol. The molecular formula is C19H28BBrN2O. The van der Waals surface area contributed by atoms with Crippen LogP contribution in [0.2, 0.25) is 6.82 Å². The van der Waals surface area contributed by atoms with Crippen molar-refractivity contribution in [2.45, 2.75) is 45.0 Å². The molecule has 130 valence electrons. The van der Waals surface area contributed by atoms with Crippen LogP contribution < -0.4 is 0 Å². The molecular weight excluding hydrogens is 363 g/mol. The van der Waals surface area contributed by atoms with Gasteiger partial charge in [-0.25, -0.2) is 0 Å². The number of nitrogens with zero attached hydrogens (tertiary/aromatic N) is 2. The molecule has 24 heavy (non-hydrogen) atoms. The molecule has 2 aliphatic heterocycles. The third-order valence-corrected chi connectivity index (χ3v) is 6.89. The van der Waals surface area contributed by atoms with Gasteiger partial charge in [0, 0.05) is 23.1 Å². The number of benzene rings is 1. The fourth-order valence-electron chi connectivity index (χ4n) is 4.02. The van der Waals surface area contributed by atoms with Crippen LogP contribution in [0.1, 0.15) is 38.2 Å². The molecule has 1 aromatic rings. The van der Waals surface area contributed by atoms with Gasteiger partial charge in [-0.05, 0) is 58.1 Å². The second-order valence-electron chi connectivity index (χ2n) is 7.44. The lowest BCUT2D eigenvalue weighted by molar-refractivity contribution is 0.0445. The molecule has 0 atom stereocenters. The molecule has 1 aromatic carbocycles. The highest BCUT2D eigenvalue weighted by atomic mass is 79.9. The molecule has 2 saturated heterocycles. The second kappa shape index (κ2) is 7.73. The summed E-state index contributed by atoms with van der Waals surface area (Å²) in [6.45, 7) is 8.57. The summed E-state index contributed by atoms with van der Waals surface area (Å²) in [6.07, 6.45) is 4.59. The Labute approximate surface area is 155 Å². The maximum atomic E-state index is 9.76. The van der Waals surface area contributed by atoms with Crippen LogP contribution in [0.25, 0.3) is 4.48 Å². The Hall–Kier alpha value is -0.615. The maximum Gasteiger partial charge on any atom is 0.376 e. The van der Waals surface area contributed by atoms with Gasteiger partial charge in [0.1, 0.15) is 0 Å². The molecule has 0 unspecified atom stereocenters. The van der Waals surface area contributed by atoms with E-state index in [1.165, 1.54) is 10.0 Å². The number of halogens is 1. The monoisotopic (exact) mass is 390 g/mol. The second-order valence-corrected chi connectivity index (χ2v) is 8.23. The fraction of sp³-hybridized carbons (Fsp3) is 0.579. The average Bonchev–Trinajstić information content (AvgIpc) is 2.62. The smallest absolute Gasteiger partial charge is 0.376 e. The SMILES string of the molecule is CB(O)N1CCC(C)(N2CCC(=C(Br)c3ccccc3)CC2)CC1. The first-order valence-corrected chi connectivity index (χ1v) is 9.89. The highest BCUT2D eigenvalue weighted by Gasteiger charge is 2.38. The van der Waals surface area contributed by atoms with Gasteiger partial charge in [0.15, 0.2) is 0 Å². The molecule has 3 rings (SSSR count). The van der Waals surface area contributed by atoms with Gasteiger partial charge in [-0.15, -0.1) is 0 Å². The molecule has 5 heteroatoms. The quantitative estimate of drug-likeness (QED) is 0.794. The summed E-state index contributed by atoms with van der Waals surface area (Å²) in [5.41, 5.74) is 3.12. The van der Waals surface area contributed by atoms with E-state index in [1.54, 1.807) is 5.57 Å². The number of piperidine rings is 2. The van der Waals surface area contributed by atoms with Gasteiger partial charge in [-0.1, -0.05) is 51.8 Å². The molecule has 2 aliphatic rings. The van der Waals surface area contributed by atoms with Crippen molar-refractivity contribution in [3.63, 3.8) is 0 Å². The Morgan fingerprint density at radius 2 is 1.67 bits per heavy atom. The number of hydrogen-bond donors (Lipinski definition) is 1. The fourth-order valence-corrected chi connectivity index (χ4v) is 4.68. The maximum absolute atomic E-state index is 9.76. The van der Waals surface area contributed by atoms with Gasteiger partial charge in [0.05, 0.1) is 0 Å². The molecule has 0 amide bonds. The number of likely N-dealkylation sites (tertiary alicyclic amines) is 1. The van der Waals surface area contributed by atoms with Gasteiger partial charge >= 0.3 is 7.05 Å². The predicted octanol–water partition coefficient (Wildman–Crippen LogP) is 3.85. The van der Waals surface area contributed by atoms with Gasteiger partial charge in [-0.2, -0.15) is 0 Å². The highest BCUT2D eigenvalue weighted by molar-refractivity contribution is 9.15. The predicted molar refractivity (Wildman–Crippen MR) is 106 cm³/mol. The lowest BCUT2D eigenvalue weighted by atomic mass is 9.78. The first-order valence-electron chi connectivity index (χ1n) is 9.10. The largest absolute Gasteiger partial charge is 0.437 e. The Morgan fingerprint density at radius 3 is 2.21 bits per heavy atom. The van der Waals surface area contributed by atoms with Crippen LogP contribution in [0.5, 0.6) is 0 Å². The zero-order chi connectivity index (χ0) is 17.2. The third kappa shape index (κ3) is 3.96. The van der Waals surface area contributed by atoms with E-state index in [9.17, 15) is 5.02 Å². The van der Waals surface area contributed by atoms with Gasteiger partial charge < -0.3 is 9.83 Å². The lowest BCUT2D eigenvalue weighted by Gasteiger charge is -2.49. The van der Waals surface area contributed by atoms with Crippen LogP contribution in [0.15, 0.2) is 35.9 Å². The Balaban J connectivity index is 1.61. The minimum atomic E-state index is -0.313. The summed E-state index contributed by atoms with van der Waals surface area (Å²) < 4.78 is 1.29. The first-order chi connectivity index (χ1) is 11.5. The molecule has 2 heterocycles. The lowest BCUT2D eigenvalue weighted by Crippen LogP contribution is -2.57. The molecule has 0 radical (unpaired) electrons. The molecule has 0 aromatic heterocycles. The minimum absolute atomic E-state index is 0.288. The molecule has 2 fully saturated rings. The van der Waals surface area contributed by atoms with E-state index < -0.39 is 0 Å². The van der Waals surface area contributed by atoms with Crippen molar-refractivity contribution < 1.29 is 5.02 Å². The zero-order valence-electron chi connectivity index (χ0n) is 14.8. The Kier molecular flexibility index (Phi) is 5.86. The molecule has 1 N–H and O–H groups in total. The Morgan fingerprint density at radius 1 is 1.08 bits per heavy atom. The van der Waals surface area contributed by atoms with E-state index in [0.717, 1.165) is 51.9 Å². The van der Waals surface area contributed by atoms with E-state index in [0.29, 0.717) is 0 Å². The van der Waals surface area contributed by atoms with E-state index in [-0.39, 0.29) is 12.6 Å². The van der Waals surface area contributed by atoms with Gasteiger partial charge in [0.2, 0.25) is 0 Å². The summed E-state index contributed by atoms with van der Waals surface area (Å²) in [5.74, 6) is 0. The third-order valence-electron chi connectivity index (χ3n) is 5.87. The highest BCUT2D eigenvalue weighted by Crippen LogP contribution is 2.36. The van der Waals surface area contributed by atoms with Crippen LogP contribution in [0, 0.1) is 0 Å². The Bertz CT molecular complexity index is 572. The van der Waals surface area contributed by atoms with Crippen molar-refractivity contribution in [1.29, 1.82) is 0 Å².